The molecule has 3 rings (SSSR count). The predicted octanol–water partition coefficient (Wildman–Crippen LogP) is 3.28. The van der Waals surface area contributed by atoms with Crippen molar-refractivity contribution < 1.29 is 14.3 Å². The van der Waals surface area contributed by atoms with Gasteiger partial charge in [0.2, 0.25) is 6.10 Å². The first-order valence-corrected chi connectivity index (χ1v) is 7.55. The molecule has 1 atom stereocenters. The number of rotatable bonds is 4. The Balaban J connectivity index is 1.86. The molecule has 4 nitrogen and oxygen atoms in total. The van der Waals surface area contributed by atoms with Crippen LogP contribution < -0.4 is 5.73 Å². The summed E-state index contributed by atoms with van der Waals surface area (Å²) in [5.41, 5.74) is 6.31. The third kappa shape index (κ3) is 2.84. The zero-order valence-electron chi connectivity index (χ0n) is 11.6. The quantitative estimate of drug-likeness (QED) is 0.752. The van der Waals surface area contributed by atoms with Gasteiger partial charge in [0.1, 0.15) is 0 Å². The maximum Gasteiger partial charge on any atom is 0.339 e. The predicted molar refractivity (Wildman–Crippen MR) is 85.6 cm³/mol. The summed E-state index contributed by atoms with van der Waals surface area (Å²) in [5.74, 6) is -1.27. The van der Waals surface area contributed by atoms with Crippen LogP contribution in [0.25, 0.3) is 10.1 Å². The third-order valence-corrected chi connectivity index (χ3v) is 4.17. The minimum absolute atomic E-state index is 0.396. The van der Waals surface area contributed by atoms with Crippen LogP contribution in [0.5, 0.6) is 0 Å². The summed E-state index contributed by atoms with van der Waals surface area (Å²) in [4.78, 5) is 23.9. The summed E-state index contributed by atoms with van der Waals surface area (Å²) < 4.78 is 6.39. The average molecular weight is 311 g/mol. The van der Waals surface area contributed by atoms with Crippen molar-refractivity contribution in [1.82, 2.24) is 0 Å². The summed E-state index contributed by atoms with van der Waals surface area (Å²) in [6.45, 7) is 0. The van der Waals surface area contributed by atoms with E-state index in [4.69, 9.17) is 10.5 Å². The molecule has 1 unspecified atom stereocenters. The van der Waals surface area contributed by atoms with Gasteiger partial charge in [-0.3, -0.25) is 4.79 Å². The second-order valence-corrected chi connectivity index (χ2v) is 5.72. The third-order valence-electron chi connectivity index (χ3n) is 3.27. The van der Waals surface area contributed by atoms with E-state index in [-0.39, 0.29) is 0 Å². The fourth-order valence-electron chi connectivity index (χ4n) is 2.19. The van der Waals surface area contributed by atoms with Gasteiger partial charge in [-0.15, -0.1) is 11.3 Å². The molecule has 110 valence electrons. The highest BCUT2D eigenvalue weighted by Crippen LogP contribution is 2.24. The summed E-state index contributed by atoms with van der Waals surface area (Å²) in [7, 11) is 0. The van der Waals surface area contributed by atoms with Crippen molar-refractivity contribution in [2.45, 2.75) is 6.10 Å². The van der Waals surface area contributed by atoms with E-state index in [1.807, 2.05) is 23.6 Å². The SMILES string of the molecule is NC(=O)C(OC(=O)c1ccc2sccc2c1)c1ccccc1. The van der Waals surface area contributed by atoms with E-state index in [1.54, 1.807) is 47.7 Å². The molecule has 2 aromatic carbocycles. The fourth-order valence-corrected chi connectivity index (χ4v) is 2.96. The number of hydrogen-bond acceptors (Lipinski definition) is 4. The second kappa shape index (κ2) is 5.99. The van der Waals surface area contributed by atoms with Crippen molar-refractivity contribution in [3.8, 4) is 0 Å². The molecule has 0 aliphatic carbocycles. The molecule has 1 amide bonds. The number of amides is 1. The summed E-state index contributed by atoms with van der Waals surface area (Å²) in [6.07, 6.45) is -1.09. The van der Waals surface area contributed by atoms with Crippen LogP contribution in [0.2, 0.25) is 0 Å². The first-order valence-electron chi connectivity index (χ1n) is 6.67. The maximum atomic E-state index is 12.3. The Morgan fingerprint density at radius 1 is 1.05 bits per heavy atom. The van der Waals surface area contributed by atoms with Crippen LogP contribution in [0.15, 0.2) is 60.0 Å². The van der Waals surface area contributed by atoms with Gasteiger partial charge < -0.3 is 10.5 Å². The van der Waals surface area contributed by atoms with Gasteiger partial charge in [0.05, 0.1) is 5.56 Å². The second-order valence-electron chi connectivity index (χ2n) is 4.77. The van der Waals surface area contributed by atoms with Crippen molar-refractivity contribution in [2.24, 2.45) is 5.73 Å². The van der Waals surface area contributed by atoms with Crippen molar-refractivity contribution in [3.05, 3.63) is 71.1 Å². The van der Waals surface area contributed by atoms with Gasteiger partial charge in [0, 0.05) is 10.3 Å². The first-order chi connectivity index (χ1) is 10.6. The van der Waals surface area contributed by atoms with Crippen molar-refractivity contribution >= 4 is 33.3 Å². The molecule has 22 heavy (non-hydrogen) atoms. The van der Waals surface area contributed by atoms with Crippen LogP contribution in [-0.2, 0) is 9.53 Å². The molecule has 0 fully saturated rings. The van der Waals surface area contributed by atoms with Crippen LogP contribution in [0.4, 0.5) is 0 Å². The monoisotopic (exact) mass is 311 g/mol. The molecule has 0 aliphatic rings. The Labute approximate surface area is 131 Å². The van der Waals surface area contributed by atoms with E-state index in [0.29, 0.717) is 11.1 Å². The lowest BCUT2D eigenvalue weighted by Crippen LogP contribution is -2.26. The van der Waals surface area contributed by atoms with Crippen LogP contribution in [0, 0.1) is 0 Å². The van der Waals surface area contributed by atoms with E-state index in [0.717, 1.165) is 10.1 Å². The number of ether oxygens (including phenoxy) is 1. The lowest BCUT2D eigenvalue weighted by atomic mass is 10.1. The summed E-state index contributed by atoms with van der Waals surface area (Å²) >= 11 is 1.60. The molecule has 0 radical (unpaired) electrons. The van der Waals surface area contributed by atoms with Gasteiger partial charge in [0.25, 0.3) is 5.91 Å². The van der Waals surface area contributed by atoms with E-state index >= 15 is 0 Å². The van der Waals surface area contributed by atoms with Crippen LogP contribution in [0.1, 0.15) is 22.0 Å². The topological polar surface area (TPSA) is 69.4 Å². The smallest absolute Gasteiger partial charge is 0.339 e. The van der Waals surface area contributed by atoms with Crippen LogP contribution in [-0.4, -0.2) is 11.9 Å². The molecule has 0 bridgehead atoms. The van der Waals surface area contributed by atoms with Gasteiger partial charge in [0.15, 0.2) is 0 Å². The number of fused-ring (bicyclic) bond motifs is 1. The Morgan fingerprint density at radius 3 is 2.55 bits per heavy atom. The van der Waals surface area contributed by atoms with E-state index in [2.05, 4.69) is 0 Å². The maximum absolute atomic E-state index is 12.3. The largest absolute Gasteiger partial charge is 0.444 e. The molecule has 1 heterocycles. The van der Waals surface area contributed by atoms with Gasteiger partial charge in [-0.25, -0.2) is 4.79 Å². The zero-order chi connectivity index (χ0) is 15.5. The van der Waals surface area contributed by atoms with Crippen molar-refractivity contribution in [2.75, 3.05) is 0 Å². The molecular weight excluding hydrogens is 298 g/mol. The highest BCUT2D eigenvalue weighted by Gasteiger charge is 2.23. The Bertz CT molecular complexity index is 826. The van der Waals surface area contributed by atoms with Gasteiger partial charge in [-0.2, -0.15) is 0 Å². The van der Waals surface area contributed by atoms with E-state index < -0.39 is 18.0 Å². The minimum atomic E-state index is -1.09. The zero-order valence-corrected chi connectivity index (χ0v) is 12.4. The molecule has 2 N–H and O–H groups in total. The molecule has 0 saturated carbocycles. The van der Waals surface area contributed by atoms with Crippen LogP contribution in [0.3, 0.4) is 0 Å². The molecular formula is C17H13NO3S. The minimum Gasteiger partial charge on any atom is -0.444 e. The molecule has 0 aliphatic heterocycles. The number of primary amides is 1. The number of carbonyl (C=O) groups excluding carboxylic acids is 2. The van der Waals surface area contributed by atoms with Crippen LogP contribution >= 0.6 is 11.3 Å². The van der Waals surface area contributed by atoms with E-state index in [9.17, 15) is 9.59 Å². The van der Waals surface area contributed by atoms with Gasteiger partial charge in [-0.1, -0.05) is 30.3 Å². The number of carbonyl (C=O) groups is 2. The fraction of sp³-hybridized carbons (Fsp3) is 0.0588. The number of benzene rings is 2. The Kier molecular flexibility index (Phi) is 3.89. The number of thiophene rings is 1. The lowest BCUT2D eigenvalue weighted by Gasteiger charge is -2.15. The first kappa shape index (κ1) is 14.3. The molecule has 1 aromatic heterocycles. The Hall–Kier alpha value is -2.66. The molecule has 0 spiro atoms. The normalized spacial score (nSPS) is 12.0. The molecule has 3 aromatic rings. The molecule has 5 heteroatoms. The Morgan fingerprint density at radius 2 is 1.82 bits per heavy atom. The summed E-state index contributed by atoms with van der Waals surface area (Å²) in [6, 6.07) is 16.0. The number of hydrogen-bond donors (Lipinski definition) is 1. The highest BCUT2D eigenvalue weighted by molar-refractivity contribution is 7.17. The van der Waals surface area contributed by atoms with Gasteiger partial charge >= 0.3 is 5.97 Å². The number of esters is 1. The number of nitrogens with two attached hydrogens (primary N) is 1. The van der Waals surface area contributed by atoms with Crippen molar-refractivity contribution in [1.29, 1.82) is 0 Å². The summed E-state index contributed by atoms with van der Waals surface area (Å²) in [5, 5.41) is 2.92. The van der Waals surface area contributed by atoms with E-state index in [1.165, 1.54) is 0 Å². The molecule has 0 saturated heterocycles. The average Bonchev–Trinajstić information content (AvgIpc) is 3.00. The highest BCUT2D eigenvalue weighted by atomic mass is 32.1. The van der Waals surface area contributed by atoms with Crippen molar-refractivity contribution in [3.63, 3.8) is 0 Å². The van der Waals surface area contributed by atoms with Gasteiger partial charge in [-0.05, 0) is 35.0 Å². The standard InChI is InChI=1S/C17H13NO3S/c18-16(19)15(11-4-2-1-3-5-11)21-17(20)13-6-7-14-12(10-13)8-9-22-14/h1-10,15H,(H2,18,19). The lowest BCUT2D eigenvalue weighted by molar-refractivity contribution is -0.127.